The van der Waals surface area contributed by atoms with Gasteiger partial charge in [-0.05, 0) is 41.4 Å². The molecule has 1 fully saturated rings. The maximum atomic E-state index is 8.49. The first-order chi connectivity index (χ1) is 10.3. The van der Waals surface area contributed by atoms with E-state index in [1.54, 1.807) is 0 Å². The van der Waals surface area contributed by atoms with Gasteiger partial charge in [-0.2, -0.15) is 0 Å². The van der Waals surface area contributed by atoms with E-state index in [1.807, 2.05) is 24.5 Å². The fraction of sp³-hybridized carbons (Fsp3) is 0.429. The van der Waals surface area contributed by atoms with Gasteiger partial charge in [-0.1, -0.05) is 30.3 Å². The lowest BCUT2D eigenvalue weighted by Gasteiger charge is -2.17. The maximum absolute atomic E-state index is 8.49. The van der Waals surface area contributed by atoms with Crippen molar-refractivity contribution in [2.45, 2.75) is 25.7 Å². The molecule has 1 aliphatic heterocycles. The smallest absolute Gasteiger partial charge is 0.265 e. The van der Waals surface area contributed by atoms with Gasteiger partial charge in [0.1, 0.15) is 0 Å². The molecule has 1 aliphatic rings. The van der Waals surface area contributed by atoms with Crippen molar-refractivity contribution in [3.8, 4) is 0 Å². The van der Waals surface area contributed by atoms with Crippen molar-refractivity contribution in [2.75, 3.05) is 13.1 Å². The minimum atomic E-state index is -4.94. The average Bonchev–Trinajstić information content (AvgIpc) is 2.46. The third-order valence-electron chi connectivity index (χ3n) is 2.94. The van der Waals surface area contributed by atoms with Gasteiger partial charge in [0, 0.05) is 0 Å². The molecular formula is C14H18Cl2N2O4. The zero-order valence-electron chi connectivity index (χ0n) is 12.0. The summed E-state index contributed by atoms with van der Waals surface area (Å²) in [5, 5.41) is 0.654. The average molecular weight is 349 g/mol. The predicted molar refractivity (Wildman–Crippen MR) is 73.3 cm³/mol. The van der Waals surface area contributed by atoms with E-state index >= 15 is 0 Å². The molecule has 6 nitrogen and oxygen atoms in total. The summed E-state index contributed by atoms with van der Waals surface area (Å²) in [6, 6.07) is 10.2. The summed E-state index contributed by atoms with van der Waals surface area (Å²) < 4.78 is 36.2. The molecule has 8 heteroatoms. The van der Waals surface area contributed by atoms with Crippen molar-refractivity contribution >= 4 is 23.1 Å². The van der Waals surface area contributed by atoms with Crippen molar-refractivity contribution in [3.05, 3.63) is 35.9 Å². The topological polar surface area (TPSA) is 108 Å². The molecule has 0 aliphatic carbocycles. The van der Waals surface area contributed by atoms with E-state index in [4.69, 9.17) is 30.2 Å². The number of piperidine rings is 1. The molecule has 1 aromatic carbocycles. The van der Waals surface area contributed by atoms with Crippen molar-refractivity contribution in [3.63, 3.8) is 0 Å². The van der Waals surface area contributed by atoms with Gasteiger partial charge in [-0.15, -0.1) is 10.2 Å². The van der Waals surface area contributed by atoms with Gasteiger partial charge in [-0.3, -0.25) is 4.58 Å². The molecule has 0 bridgehead atoms. The Bertz CT molecular complexity index is 487. The first kappa shape index (κ1) is 19.0. The Kier molecular flexibility index (Phi) is 8.55. The minimum Gasteiger partial charge on any atom is -0.265 e. The van der Waals surface area contributed by atoms with E-state index in [-0.39, 0.29) is 0 Å². The first-order valence-corrected chi connectivity index (χ1v) is 8.41. The lowest BCUT2D eigenvalue weighted by atomic mass is 10.2. The number of hydrogen-bond acceptors (Lipinski definition) is 4. The largest absolute Gasteiger partial charge is 0.282 e. The zero-order valence-corrected chi connectivity index (χ0v) is 13.5. The normalized spacial score (nSPS) is 15.9. The molecule has 122 valence electrons. The van der Waals surface area contributed by atoms with Crippen LogP contribution in [0.1, 0.15) is 24.8 Å². The van der Waals surface area contributed by atoms with Crippen LogP contribution in [0.3, 0.4) is 0 Å². The van der Waals surface area contributed by atoms with E-state index in [9.17, 15) is 0 Å². The Morgan fingerprint density at radius 1 is 1.09 bits per heavy atom. The quantitative estimate of drug-likeness (QED) is 0.370. The molecule has 22 heavy (non-hydrogen) atoms. The second-order valence-electron chi connectivity index (χ2n) is 4.76. The summed E-state index contributed by atoms with van der Waals surface area (Å²) in [5.74, 6) is 0. The minimum absolute atomic E-state index is 0.654. The lowest BCUT2D eigenvalue weighted by Crippen LogP contribution is -2.68. The second-order valence-corrected chi connectivity index (χ2v) is 5.95. The third kappa shape index (κ3) is 10.7. The molecule has 2 rings (SSSR count). The van der Waals surface area contributed by atoms with Crippen LogP contribution >= 0.6 is 11.6 Å². The second kappa shape index (κ2) is 9.89. The van der Waals surface area contributed by atoms with Gasteiger partial charge >= 0.3 is 0 Å². The molecule has 0 radical (unpaired) electrons. The molecule has 0 spiro atoms. The molecule has 1 heterocycles. The van der Waals surface area contributed by atoms with E-state index in [2.05, 4.69) is 21.7 Å². The summed E-state index contributed by atoms with van der Waals surface area (Å²) in [6.07, 6.45) is 6.48. The van der Waals surface area contributed by atoms with Gasteiger partial charge in [0.15, 0.2) is 0 Å². The van der Waals surface area contributed by atoms with Crippen molar-refractivity contribution in [1.82, 2.24) is 0 Å². The molecule has 0 N–H and O–H groups in total. The monoisotopic (exact) mass is 348 g/mol. The Balaban J connectivity index is 0.000000422. The van der Waals surface area contributed by atoms with Crippen LogP contribution in [0.5, 0.6) is 0 Å². The van der Waals surface area contributed by atoms with Crippen LogP contribution in [0.2, 0.25) is 0 Å². The Morgan fingerprint density at radius 2 is 1.64 bits per heavy atom. The zero-order chi connectivity index (χ0) is 16.4. The number of hydrogen-bond donors (Lipinski definition) is 0. The molecule has 1 saturated heterocycles. The number of benzene rings is 1. The molecule has 0 aromatic heterocycles. The van der Waals surface area contributed by atoms with Crippen LogP contribution in [0.15, 0.2) is 35.3 Å². The van der Waals surface area contributed by atoms with Gasteiger partial charge in [0.05, 0.1) is 19.5 Å². The molecular weight excluding hydrogens is 331 g/mol. The first-order valence-electron chi connectivity index (χ1n) is 6.80. The maximum Gasteiger partial charge on any atom is 0.282 e. The molecule has 0 saturated carbocycles. The summed E-state index contributed by atoms with van der Waals surface area (Å²) in [5.41, 5.74) is 1.20. The van der Waals surface area contributed by atoms with Gasteiger partial charge in [0.25, 0.3) is 6.34 Å². The number of aliphatic imine (C=N–C) groups is 1. The van der Waals surface area contributed by atoms with Gasteiger partial charge < -0.3 is 0 Å². The summed E-state index contributed by atoms with van der Waals surface area (Å²) in [4.78, 5) is 4.33. The van der Waals surface area contributed by atoms with Crippen LogP contribution in [-0.2, 0) is 6.42 Å². The molecule has 0 amide bonds. The summed E-state index contributed by atoms with van der Waals surface area (Å²) >= 11 is 6.13. The predicted octanol–water partition coefficient (Wildman–Crippen LogP) is -1.66. The van der Waals surface area contributed by atoms with E-state index in [0.717, 1.165) is 13.1 Å². The summed E-state index contributed by atoms with van der Waals surface area (Å²) in [6.45, 7) is 2.22. The van der Waals surface area contributed by atoms with Crippen LogP contribution in [0, 0.1) is 10.2 Å². The molecule has 0 atom stereocenters. The highest BCUT2D eigenvalue weighted by Gasteiger charge is 2.08. The summed E-state index contributed by atoms with van der Waals surface area (Å²) in [7, 11) is -4.94. The van der Waals surface area contributed by atoms with E-state index in [1.165, 1.54) is 24.8 Å². The number of nitrogens with zero attached hydrogens (tertiary/aromatic N) is 2. The van der Waals surface area contributed by atoms with Crippen LogP contribution in [-0.4, -0.2) is 29.2 Å². The fourth-order valence-corrected chi connectivity index (χ4v) is 2.19. The number of halogens is 2. The highest BCUT2D eigenvalue weighted by Crippen LogP contribution is 2.05. The van der Waals surface area contributed by atoms with Crippen molar-refractivity contribution in [2.24, 2.45) is 4.99 Å². The lowest BCUT2D eigenvalue weighted by molar-refractivity contribution is -2.00. The van der Waals surface area contributed by atoms with Crippen LogP contribution < -0.4 is 18.6 Å². The van der Waals surface area contributed by atoms with Gasteiger partial charge in [-0.25, -0.2) is 18.6 Å². The SMILES string of the molecule is ClC(Cc1ccccc1)=NC=[N+]1CCCCC1.[O-][Cl+3]([O-])([O-])[O-]. The Labute approximate surface area is 136 Å². The van der Waals surface area contributed by atoms with Crippen LogP contribution in [0.4, 0.5) is 0 Å². The Morgan fingerprint density at radius 3 is 2.18 bits per heavy atom. The molecule has 1 aromatic rings. The molecule has 0 unspecified atom stereocenters. The highest BCUT2D eigenvalue weighted by atomic mass is 35.7. The number of rotatable bonds is 3. The Hall–Kier alpha value is -1.02. The van der Waals surface area contributed by atoms with E-state index < -0.39 is 10.2 Å². The van der Waals surface area contributed by atoms with Gasteiger partial charge in [0.2, 0.25) is 5.17 Å². The standard InChI is InChI=1S/C14H18ClN2.ClHO4/c15-14(11-13-7-3-1-4-8-13)16-12-17-9-5-2-6-10-17;2-1(3,4)5/h1,3-4,7-8,12H,2,5-6,9-11H2;(H,2,3,4,5)/q+1;/p-1. The van der Waals surface area contributed by atoms with Crippen molar-refractivity contribution < 1.29 is 33.5 Å². The highest BCUT2D eigenvalue weighted by molar-refractivity contribution is 6.66. The van der Waals surface area contributed by atoms with Crippen LogP contribution in [0.25, 0.3) is 0 Å². The third-order valence-corrected chi connectivity index (χ3v) is 3.18. The van der Waals surface area contributed by atoms with Crippen molar-refractivity contribution in [1.29, 1.82) is 0 Å². The van der Waals surface area contributed by atoms with E-state index in [0.29, 0.717) is 11.6 Å². The fourth-order valence-electron chi connectivity index (χ4n) is 1.99.